The molecule has 0 aliphatic heterocycles. The third-order valence-electron chi connectivity index (χ3n) is 9.92. The standard InChI is InChI=1S/C23H21N5O2.C17H16N4O.C6H7NO2.C2H6.CH4/c1-13(2)17(11-24)23(30)27-19-5-3-4-16-18(12-26-21(16)19)15-8-9-25-20(10-15)28-22(29)14-6-7-14;18-14-3-1-2-12-13(9-20-16(12)14)11-6-7-19-15(8-11)21-17(22)10-4-5-10;1-4(2)5(3-7)6(8)9;1-2;/h3-5,8-10,12,14,26H,6-7H2,1-2H3,(H,27,30)(H,25,28,29);1-3,6-10,20H,4-5,18H2,(H,19,21,22);1-2H3,(H,8,9);1-2H3;1H4/i;;;1D;. The summed E-state index contributed by atoms with van der Waals surface area (Å²) in [6.07, 6.45) is 11.0. The van der Waals surface area contributed by atoms with Gasteiger partial charge in [-0.15, -0.1) is 0 Å². The molecule has 2 saturated carbocycles. The van der Waals surface area contributed by atoms with Crippen molar-refractivity contribution in [2.75, 3.05) is 21.7 Å². The summed E-state index contributed by atoms with van der Waals surface area (Å²) in [6, 6.07) is 22.5. The number of carboxylic acid groups (broad SMARTS) is 1. The van der Waals surface area contributed by atoms with E-state index in [0.29, 0.717) is 35.4 Å². The van der Waals surface area contributed by atoms with Crippen LogP contribution in [0.2, 0.25) is 0 Å². The monoisotopic (exact) mass is 863 g/mol. The van der Waals surface area contributed by atoms with Gasteiger partial charge in [-0.05, 0) is 101 Å². The number of pyridine rings is 2. The Morgan fingerprint density at radius 2 is 1.19 bits per heavy atom. The molecule has 0 spiro atoms. The van der Waals surface area contributed by atoms with E-state index in [1.165, 1.54) is 0 Å². The maximum absolute atomic E-state index is 12.5. The van der Waals surface area contributed by atoms with E-state index >= 15 is 0 Å². The zero-order chi connectivity index (χ0) is 46.5. The average molecular weight is 864 g/mol. The number of benzene rings is 2. The smallest absolute Gasteiger partial charge is 0.346 e. The summed E-state index contributed by atoms with van der Waals surface area (Å²) < 4.78 is 6.21. The van der Waals surface area contributed by atoms with Gasteiger partial charge in [-0.25, -0.2) is 14.8 Å². The van der Waals surface area contributed by atoms with Crippen LogP contribution in [0.4, 0.5) is 23.0 Å². The molecular formula is C49H54N10O5. The molecule has 4 heterocycles. The number of nitrogen functional groups attached to an aromatic ring is 1. The molecule has 0 saturated heterocycles. The highest BCUT2D eigenvalue weighted by molar-refractivity contribution is 6.12. The maximum atomic E-state index is 12.5. The van der Waals surface area contributed by atoms with Crippen LogP contribution in [0.1, 0.15) is 76.0 Å². The summed E-state index contributed by atoms with van der Waals surface area (Å²) in [5.41, 5.74) is 14.0. The van der Waals surface area contributed by atoms with Gasteiger partial charge in [0, 0.05) is 59.9 Å². The zero-order valence-electron chi connectivity index (χ0n) is 36.7. The summed E-state index contributed by atoms with van der Waals surface area (Å²) >= 11 is 0. The van der Waals surface area contributed by atoms with Crippen LogP contribution in [0.3, 0.4) is 0 Å². The predicted octanol–water partition coefficient (Wildman–Crippen LogP) is 10.1. The van der Waals surface area contributed by atoms with Crippen molar-refractivity contribution in [2.24, 2.45) is 11.8 Å². The number of amides is 3. The van der Waals surface area contributed by atoms with Crippen molar-refractivity contribution in [3.8, 4) is 34.4 Å². The first-order chi connectivity index (χ1) is 30.7. The molecule has 2 aliphatic rings. The number of anilines is 4. The molecule has 3 amide bonds. The number of carbonyl (C=O) groups excluding carboxylic acids is 3. The molecule has 0 bridgehead atoms. The quantitative estimate of drug-likeness (QED) is 0.0411. The van der Waals surface area contributed by atoms with Crippen molar-refractivity contribution < 1.29 is 25.7 Å². The number of H-pyrrole nitrogens is 2. The minimum atomic E-state index is -1.16. The average Bonchev–Trinajstić information content (AvgIpc) is 4.20. The summed E-state index contributed by atoms with van der Waals surface area (Å²) in [4.78, 5) is 61.3. The zero-order valence-corrected chi connectivity index (χ0v) is 35.7. The van der Waals surface area contributed by atoms with Crippen molar-refractivity contribution >= 4 is 68.5 Å². The number of nitriles is 2. The van der Waals surface area contributed by atoms with Crippen LogP contribution >= 0.6 is 0 Å². The van der Waals surface area contributed by atoms with Gasteiger partial charge in [0.2, 0.25) is 11.8 Å². The second kappa shape index (κ2) is 22.2. The van der Waals surface area contributed by atoms with E-state index in [0.717, 1.165) is 75.4 Å². The first-order valence-corrected chi connectivity index (χ1v) is 20.2. The highest BCUT2D eigenvalue weighted by Gasteiger charge is 2.30. The van der Waals surface area contributed by atoms with Gasteiger partial charge in [0.1, 0.15) is 34.9 Å². The lowest BCUT2D eigenvalue weighted by molar-refractivity contribution is -0.132. The number of hydrogen-bond donors (Lipinski definition) is 7. The van der Waals surface area contributed by atoms with E-state index in [1.54, 1.807) is 59.1 Å². The number of carbonyl (C=O) groups is 4. The van der Waals surface area contributed by atoms with E-state index in [9.17, 15) is 24.4 Å². The number of aromatic amines is 2. The van der Waals surface area contributed by atoms with Crippen LogP contribution in [0, 0.1) is 34.5 Å². The van der Waals surface area contributed by atoms with Crippen LogP contribution in [0.5, 0.6) is 0 Å². The Hall–Kier alpha value is -8.04. The number of allylic oxidation sites excluding steroid dienone is 2. The highest BCUT2D eigenvalue weighted by atomic mass is 16.4. The number of carboxylic acids is 1. The Kier molecular flexibility index (Phi) is 16.3. The Bertz CT molecular complexity index is 2850. The fourth-order valence-corrected chi connectivity index (χ4v) is 6.34. The molecule has 2 fully saturated rings. The third-order valence-corrected chi connectivity index (χ3v) is 9.92. The number of nitrogens with two attached hydrogens (primary N) is 1. The number of fused-ring (bicyclic) bond motifs is 2. The number of nitrogens with one attached hydrogen (secondary N) is 5. The lowest BCUT2D eigenvalue weighted by atomic mass is 10.0. The first-order valence-electron chi connectivity index (χ1n) is 20.9. The number of nitrogens with zero attached hydrogens (tertiary/aromatic N) is 4. The summed E-state index contributed by atoms with van der Waals surface area (Å²) in [7, 11) is 0. The van der Waals surface area contributed by atoms with Gasteiger partial charge >= 0.3 is 5.97 Å². The van der Waals surface area contributed by atoms with E-state index < -0.39 is 11.9 Å². The van der Waals surface area contributed by atoms with Crippen molar-refractivity contribution in [2.45, 2.75) is 74.6 Å². The number of aromatic nitrogens is 4. The van der Waals surface area contributed by atoms with E-state index in [2.05, 4.69) is 35.9 Å². The lowest BCUT2D eigenvalue weighted by Gasteiger charge is -2.08. The highest BCUT2D eigenvalue weighted by Crippen LogP contribution is 2.35. The summed E-state index contributed by atoms with van der Waals surface area (Å²) in [5, 5.41) is 36.2. The second-order valence-corrected chi connectivity index (χ2v) is 15.0. The van der Waals surface area contributed by atoms with E-state index in [-0.39, 0.29) is 42.2 Å². The van der Waals surface area contributed by atoms with Crippen LogP contribution in [-0.2, 0) is 19.2 Å². The predicted molar refractivity (Wildman–Crippen MR) is 252 cm³/mol. The minimum absolute atomic E-state index is 0. The SMILES string of the molecule is C.CC(C)=C(C#N)C(=O)Nc1cccc2c(-c3ccnc(NC(=O)C4CC4)c3)c[nH]c12.CC(C)=C(C#N)C(=O)O.Nc1cccc2c(-c3ccnc(NC(=O)C4CC4)c3)c[nH]c12.[2H]CC. The molecule has 0 atom stereocenters. The largest absolute Gasteiger partial charge is 0.477 e. The molecule has 0 radical (unpaired) electrons. The van der Waals surface area contributed by atoms with Crippen molar-refractivity contribution in [1.29, 1.82) is 10.5 Å². The molecule has 8 N–H and O–H groups in total. The molecule has 4 aromatic heterocycles. The van der Waals surface area contributed by atoms with Gasteiger partial charge in [-0.2, -0.15) is 10.5 Å². The van der Waals surface area contributed by atoms with Gasteiger partial charge in [-0.3, -0.25) is 14.4 Å². The Balaban J connectivity index is 0.000000231. The van der Waals surface area contributed by atoms with Crippen LogP contribution in [-0.4, -0.2) is 48.7 Å². The molecule has 6 aromatic rings. The first kappa shape index (κ1) is 47.0. The normalized spacial score (nSPS) is 12.3. The fourth-order valence-electron chi connectivity index (χ4n) is 6.34. The third kappa shape index (κ3) is 12.1. The molecule has 2 aliphatic carbocycles. The Morgan fingerprint density at radius 1 is 0.734 bits per heavy atom. The van der Waals surface area contributed by atoms with Gasteiger partial charge in [0.15, 0.2) is 0 Å². The van der Waals surface area contributed by atoms with Gasteiger partial charge in [0.05, 0.1) is 22.4 Å². The summed E-state index contributed by atoms with van der Waals surface area (Å²) in [5.74, 6) is -0.137. The maximum Gasteiger partial charge on any atom is 0.346 e. The fraction of sp³-hybridized carbons (Fsp3) is 0.265. The molecule has 2 aromatic carbocycles. The molecule has 64 heavy (non-hydrogen) atoms. The number of hydrogen-bond acceptors (Lipinski definition) is 9. The second-order valence-electron chi connectivity index (χ2n) is 15.0. The van der Waals surface area contributed by atoms with Crippen LogP contribution in [0.15, 0.2) is 108 Å². The van der Waals surface area contributed by atoms with Crippen LogP contribution < -0.4 is 21.7 Å². The number of aliphatic carboxylic acids is 1. The number of para-hydroxylation sites is 2. The lowest BCUT2D eigenvalue weighted by Crippen LogP contribution is -2.14. The van der Waals surface area contributed by atoms with Gasteiger partial charge < -0.3 is 36.8 Å². The van der Waals surface area contributed by atoms with Gasteiger partial charge in [-0.1, -0.05) is 56.7 Å². The van der Waals surface area contributed by atoms with E-state index in [4.69, 9.17) is 17.5 Å². The van der Waals surface area contributed by atoms with E-state index in [1.807, 2.05) is 73.1 Å². The topological polar surface area (TPSA) is 256 Å². The minimum Gasteiger partial charge on any atom is -0.477 e. The molecule has 15 nitrogen and oxygen atoms in total. The molecule has 0 unspecified atom stereocenters. The molecule has 330 valence electrons. The molecule has 8 rings (SSSR count). The Labute approximate surface area is 373 Å². The molecular weight excluding hydrogens is 809 g/mol. The van der Waals surface area contributed by atoms with Crippen molar-refractivity contribution in [3.05, 3.63) is 108 Å². The van der Waals surface area contributed by atoms with Crippen LogP contribution in [0.25, 0.3) is 44.1 Å². The van der Waals surface area contributed by atoms with Gasteiger partial charge in [0.25, 0.3) is 5.91 Å². The van der Waals surface area contributed by atoms with Crippen molar-refractivity contribution in [1.82, 2.24) is 19.9 Å². The number of rotatable bonds is 9. The Morgan fingerprint density at radius 3 is 1.61 bits per heavy atom. The summed E-state index contributed by atoms with van der Waals surface area (Å²) in [6.45, 7) is 8.93. The van der Waals surface area contributed by atoms with Crippen molar-refractivity contribution in [3.63, 3.8) is 0 Å². The molecule has 15 heteroatoms.